The third kappa shape index (κ3) is 2.02. The van der Waals surface area contributed by atoms with Crippen molar-refractivity contribution in [2.45, 2.75) is 6.04 Å². The zero-order valence-electron chi connectivity index (χ0n) is 10.5. The number of amides is 1. The highest BCUT2D eigenvalue weighted by Crippen LogP contribution is 2.42. The number of hydrogen-bond acceptors (Lipinski definition) is 2. The van der Waals surface area contributed by atoms with Gasteiger partial charge in [0.15, 0.2) is 5.76 Å². The Bertz CT molecular complexity index is 667. The second-order valence-electron chi connectivity index (χ2n) is 4.52. The van der Waals surface area contributed by atoms with Crippen LogP contribution in [-0.4, -0.2) is 11.0 Å². The Kier molecular flexibility index (Phi) is 3.32. The van der Waals surface area contributed by atoms with Crippen molar-refractivity contribution in [1.82, 2.24) is 0 Å². The zero-order chi connectivity index (χ0) is 14.1. The largest absolute Gasteiger partial charge is 0.502 e. The fourth-order valence-corrected chi connectivity index (χ4v) is 3.00. The van der Waals surface area contributed by atoms with Gasteiger partial charge in [-0.2, -0.15) is 0 Å². The molecule has 1 unspecified atom stereocenters. The predicted molar refractivity (Wildman–Crippen MR) is 81.7 cm³/mol. The number of anilines is 1. The van der Waals surface area contributed by atoms with Crippen molar-refractivity contribution in [3.05, 3.63) is 76.5 Å². The van der Waals surface area contributed by atoms with Crippen molar-refractivity contribution < 1.29 is 9.90 Å². The van der Waals surface area contributed by atoms with E-state index < -0.39 is 5.91 Å². The number of carbonyl (C=O) groups excluding carboxylic acids is 1. The van der Waals surface area contributed by atoms with E-state index in [1.54, 1.807) is 4.90 Å². The Morgan fingerprint density at radius 3 is 2.10 bits per heavy atom. The van der Waals surface area contributed by atoms with Crippen LogP contribution in [-0.2, 0) is 4.79 Å². The van der Waals surface area contributed by atoms with Crippen LogP contribution in [0.1, 0.15) is 11.6 Å². The van der Waals surface area contributed by atoms with Crippen LogP contribution in [0, 0.1) is 0 Å². The summed E-state index contributed by atoms with van der Waals surface area (Å²) < 4.78 is 0.498. The molecule has 2 aromatic carbocycles. The first-order chi connectivity index (χ1) is 9.70. The minimum atomic E-state index is -0.392. The summed E-state index contributed by atoms with van der Waals surface area (Å²) >= 11 is 3.35. The van der Waals surface area contributed by atoms with Crippen molar-refractivity contribution in [2.24, 2.45) is 0 Å². The Morgan fingerprint density at radius 2 is 1.50 bits per heavy atom. The molecule has 1 atom stereocenters. The van der Waals surface area contributed by atoms with Gasteiger partial charge in [-0.25, -0.2) is 0 Å². The molecule has 100 valence electrons. The summed E-state index contributed by atoms with van der Waals surface area (Å²) in [7, 11) is 0. The summed E-state index contributed by atoms with van der Waals surface area (Å²) in [5, 5.41) is 9.97. The van der Waals surface area contributed by atoms with E-state index in [0.29, 0.717) is 4.48 Å². The van der Waals surface area contributed by atoms with Gasteiger partial charge in [0.1, 0.15) is 0 Å². The summed E-state index contributed by atoms with van der Waals surface area (Å²) in [4.78, 5) is 13.9. The Labute approximate surface area is 125 Å². The molecule has 3 rings (SSSR count). The lowest BCUT2D eigenvalue weighted by Crippen LogP contribution is -2.29. The molecule has 0 radical (unpaired) electrons. The predicted octanol–water partition coefficient (Wildman–Crippen LogP) is 3.94. The van der Waals surface area contributed by atoms with Gasteiger partial charge in [-0.1, -0.05) is 48.5 Å². The zero-order valence-corrected chi connectivity index (χ0v) is 12.1. The van der Waals surface area contributed by atoms with E-state index in [1.165, 1.54) is 0 Å². The molecule has 0 spiro atoms. The fourth-order valence-electron chi connectivity index (χ4n) is 2.36. The van der Waals surface area contributed by atoms with Crippen LogP contribution in [0.4, 0.5) is 5.69 Å². The minimum absolute atomic E-state index is 0.234. The number of carbonyl (C=O) groups is 1. The van der Waals surface area contributed by atoms with E-state index in [-0.39, 0.29) is 11.8 Å². The molecular formula is C16H12BrNO2. The fraction of sp³-hybridized carbons (Fsp3) is 0.0625. The normalized spacial score (nSPS) is 18.8. The van der Waals surface area contributed by atoms with E-state index in [0.717, 1.165) is 11.3 Å². The highest BCUT2D eigenvalue weighted by molar-refractivity contribution is 9.11. The van der Waals surface area contributed by atoms with E-state index in [9.17, 15) is 9.90 Å². The van der Waals surface area contributed by atoms with Gasteiger partial charge in [0, 0.05) is 5.69 Å². The van der Waals surface area contributed by atoms with Crippen LogP contribution >= 0.6 is 15.9 Å². The molecule has 1 heterocycles. The minimum Gasteiger partial charge on any atom is -0.502 e. The van der Waals surface area contributed by atoms with E-state index in [4.69, 9.17) is 0 Å². The molecule has 1 aliphatic rings. The van der Waals surface area contributed by atoms with Crippen LogP contribution in [0.3, 0.4) is 0 Å². The third-order valence-electron chi connectivity index (χ3n) is 3.30. The Hall–Kier alpha value is -2.07. The quantitative estimate of drug-likeness (QED) is 0.906. The molecule has 20 heavy (non-hydrogen) atoms. The van der Waals surface area contributed by atoms with Crippen molar-refractivity contribution in [1.29, 1.82) is 0 Å². The molecule has 2 aromatic rings. The van der Waals surface area contributed by atoms with Crippen LogP contribution < -0.4 is 4.90 Å². The van der Waals surface area contributed by atoms with Crippen LogP contribution in [0.5, 0.6) is 0 Å². The first-order valence-corrected chi connectivity index (χ1v) is 7.01. The summed E-state index contributed by atoms with van der Waals surface area (Å²) in [6.45, 7) is 0. The van der Waals surface area contributed by atoms with Crippen molar-refractivity contribution in [3.63, 3.8) is 0 Å². The average molecular weight is 330 g/mol. The lowest BCUT2D eigenvalue weighted by molar-refractivity contribution is -0.117. The number of para-hydroxylation sites is 1. The van der Waals surface area contributed by atoms with Gasteiger partial charge >= 0.3 is 0 Å². The summed E-state index contributed by atoms with van der Waals surface area (Å²) in [6, 6.07) is 18.6. The summed E-state index contributed by atoms with van der Waals surface area (Å²) in [5.41, 5.74) is 1.70. The molecule has 3 nitrogen and oxygen atoms in total. The first-order valence-electron chi connectivity index (χ1n) is 6.22. The van der Waals surface area contributed by atoms with E-state index in [2.05, 4.69) is 15.9 Å². The highest BCUT2D eigenvalue weighted by Gasteiger charge is 2.40. The maximum absolute atomic E-state index is 12.3. The number of benzene rings is 2. The topological polar surface area (TPSA) is 40.5 Å². The molecular weight excluding hydrogens is 318 g/mol. The van der Waals surface area contributed by atoms with Gasteiger partial charge in [-0.15, -0.1) is 0 Å². The molecule has 0 aliphatic carbocycles. The number of aliphatic hydroxyl groups excluding tert-OH is 1. The molecule has 0 saturated heterocycles. The van der Waals surface area contributed by atoms with Crippen LogP contribution in [0.25, 0.3) is 0 Å². The summed E-state index contributed by atoms with van der Waals surface area (Å²) in [5.74, 6) is -0.625. The van der Waals surface area contributed by atoms with Gasteiger partial charge in [0.25, 0.3) is 5.91 Å². The second kappa shape index (κ2) is 5.13. The van der Waals surface area contributed by atoms with Crippen molar-refractivity contribution in [3.8, 4) is 0 Å². The Balaban J connectivity index is 2.11. The Morgan fingerprint density at radius 1 is 0.950 bits per heavy atom. The standard InChI is InChI=1S/C16H12BrNO2/c17-13-14(11-7-3-1-4-8-11)18(16(20)15(13)19)12-9-5-2-6-10-12/h1-10,14,19H. The van der Waals surface area contributed by atoms with Gasteiger partial charge in [-0.05, 0) is 33.6 Å². The monoisotopic (exact) mass is 329 g/mol. The summed E-state index contributed by atoms with van der Waals surface area (Å²) in [6.07, 6.45) is 0. The third-order valence-corrected chi connectivity index (χ3v) is 4.10. The van der Waals surface area contributed by atoms with Gasteiger partial charge in [0.2, 0.25) is 0 Å². The average Bonchev–Trinajstić information content (AvgIpc) is 2.73. The maximum atomic E-state index is 12.3. The lowest BCUT2D eigenvalue weighted by atomic mass is 10.1. The number of aliphatic hydroxyl groups is 1. The molecule has 1 aliphatic heterocycles. The highest BCUT2D eigenvalue weighted by atomic mass is 79.9. The second-order valence-corrected chi connectivity index (χ2v) is 5.37. The van der Waals surface area contributed by atoms with Crippen molar-refractivity contribution in [2.75, 3.05) is 4.90 Å². The first kappa shape index (κ1) is 12.9. The van der Waals surface area contributed by atoms with Crippen LogP contribution in [0.15, 0.2) is 70.9 Å². The van der Waals surface area contributed by atoms with E-state index >= 15 is 0 Å². The van der Waals surface area contributed by atoms with Gasteiger partial charge < -0.3 is 5.11 Å². The molecule has 0 saturated carbocycles. The van der Waals surface area contributed by atoms with Gasteiger partial charge in [0.05, 0.1) is 10.5 Å². The van der Waals surface area contributed by atoms with E-state index in [1.807, 2.05) is 60.7 Å². The molecule has 4 heteroatoms. The van der Waals surface area contributed by atoms with Gasteiger partial charge in [-0.3, -0.25) is 9.69 Å². The lowest BCUT2D eigenvalue weighted by Gasteiger charge is -2.25. The smallest absolute Gasteiger partial charge is 0.294 e. The molecule has 1 amide bonds. The van der Waals surface area contributed by atoms with Crippen molar-refractivity contribution >= 4 is 27.5 Å². The molecule has 0 aromatic heterocycles. The number of rotatable bonds is 2. The number of nitrogens with zero attached hydrogens (tertiary/aromatic N) is 1. The molecule has 0 fully saturated rings. The maximum Gasteiger partial charge on any atom is 0.294 e. The molecule has 1 N–H and O–H groups in total. The van der Waals surface area contributed by atoms with Crippen LogP contribution in [0.2, 0.25) is 0 Å². The number of hydrogen-bond donors (Lipinski definition) is 1. The molecule has 0 bridgehead atoms. The SMILES string of the molecule is O=C1C(O)=C(Br)C(c2ccccc2)N1c1ccccc1. The number of halogens is 1.